The summed E-state index contributed by atoms with van der Waals surface area (Å²) in [6, 6.07) is 12.0. The Labute approximate surface area is 155 Å². The predicted octanol–water partition coefficient (Wildman–Crippen LogP) is 4.40. The Balaban J connectivity index is 1.88. The molecule has 132 valence electrons. The second-order valence-electron chi connectivity index (χ2n) is 6.59. The average Bonchev–Trinajstić information content (AvgIpc) is 3.31. The van der Waals surface area contributed by atoms with Crippen LogP contribution in [-0.2, 0) is 0 Å². The molecule has 0 amide bonds. The van der Waals surface area contributed by atoms with E-state index in [0.717, 1.165) is 27.9 Å². The van der Waals surface area contributed by atoms with Gasteiger partial charge in [-0.2, -0.15) is 0 Å². The number of hydrogen-bond donors (Lipinski definition) is 1. The summed E-state index contributed by atoms with van der Waals surface area (Å²) in [7, 11) is 0. The summed E-state index contributed by atoms with van der Waals surface area (Å²) in [6.07, 6.45) is 5.44. The molecule has 0 saturated carbocycles. The van der Waals surface area contributed by atoms with Crippen LogP contribution in [0.4, 0.5) is 5.82 Å². The number of nitrogens with two attached hydrogens (primary N) is 1. The number of anilines is 1. The van der Waals surface area contributed by atoms with E-state index in [4.69, 9.17) is 10.2 Å². The minimum absolute atomic E-state index is 0.367. The maximum absolute atomic E-state index is 6.16. The van der Waals surface area contributed by atoms with E-state index in [0.29, 0.717) is 22.9 Å². The fourth-order valence-electron chi connectivity index (χ4n) is 3.45. The van der Waals surface area contributed by atoms with Gasteiger partial charge in [0.25, 0.3) is 0 Å². The Kier molecular flexibility index (Phi) is 3.27. The molecule has 1 aromatic carbocycles. The van der Waals surface area contributed by atoms with Crippen LogP contribution in [0.3, 0.4) is 0 Å². The van der Waals surface area contributed by atoms with Crippen LogP contribution in [-0.4, -0.2) is 19.4 Å². The lowest BCUT2D eigenvalue weighted by atomic mass is 10.0. The van der Waals surface area contributed by atoms with E-state index >= 15 is 0 Å². The third kappa shape index (κ3) is 2.38. The number of aromatic nitrogens is 4. The van der Waals surface area contributed by atoms with Gasteiger partial charge >= 0.3 is 0 Å². The molecule has 0 radical (unpaired) electrons. The highest BCUT2D eigenvalue weighted by Crippen LogP contribution is 2.35. The number of imidazole rings is 1. The Morgan fingerprint density at radius 1 is 1.00 bits per heavy atom. The molecule has 0 atom stereocenters. The molecule has 0 aliphatic carbocycles. The lowest BCUT2D eigenvalue weighted by Gasteiger charge is -2.13. The first-order valence-electron chi connectivity index (χ1n) is 8.67. The highest BCUT2D eigenvalue weighted by Gasteiger charge is 2.19. The first kappa shape index (κ1) is 15.6. The van der Waals surface area contributed by atoms with Crippen LogP contribution in [0.1, 0.15) is 11.3 Å². The Morgan fingerprint density at radius 2 is 1.89 bits per heavy atom. The third-order valence-electron chi connectivity index (χ3n) is 4.77. The van der Waals surface area contributed by atoms with Gasteiger partial charge in [-0.15, -0.1) is 0 Å². The minimum atomic E-state index is 0.367. The van der Waals surface area contributed by atoms with Crippen molar-refractivity contribution in [1.29, 1.82) is 0 Å². The van der Waals surface area contributed by atoms with Crippen LogP contribution in [0, 0.1) is 13.8 Å². The third-order valence-corrected chi connectivity index (χ3v) is 4.77. The highest BCUT2D eigenvalue weighted by atomic mass is 16.3. The van der Waals surface area contributed by atoms with Crippen LogP contribution < -0.4 is 5.73 Å². The molecule has 0 aliphatic rings. The minimum Gasteiger partial charge on any atom is -0.460 e. The van der Waals surface area contributed by atoms with Gasteiger partial charge in [-0.05, 0) is 49.7 Å². The molecular weight excluding hydrogens is 338 g/mol. The van der Waals surface area contributed by atoms with Crippen molar-refractivity contribution in [2.45, 2.75) is 13.8 Å². The summed E-state index contributed by atoms with van der Waals surface area (Å²) < 4.78 is 7.82. The number of nitrogen functional groups attached to an aromatic ring is 1. The van der Waals surface area contributed by atoms with Crippen LogP contribution in [0.15, 0.2) is 59.4 Å². The van der Waals surface area contributed by atoms with Crippen LogP contribution >= 0.6 is 0 Å². The van der Waals surface area contributed by atoms with Gasteiger partial charge in [-0.25, -0.2) is 9.97 Å². The summed E-state index contributed by atoms with van der Waals surface area (Å²) in [5.74, 6) is 1.86. The number of fused-ring (bicyclic) bond motifs is 2. The van der Waals surface area contributed by atoms with Crippen molar-refractivity contribution in [3.8, 4) is 22.7 Å². The van der Waals surface area contributed by atoms with Gasteiger partial charge < -0.3 is 10.2 Å². The maximum atomic E-state index is 6.16. The molecule has 2 N–H and O–H groups in total. The van der Waals surface area contributed by atoms with E-state index in [1.165, 1.54) is 5.56 Å². The van der Waals surface area contributed by atoms with E-state index < -0.39 is 0 Å². The standard InChI is InChI=1S/C21H17N5O/c1-12-7-8-23-16-5-4-14(11-15(12)16)19-18(17-6-3-13(2)27-17)25-20(22)21-24-9-10-26(19)21/h3-11H,1-2H3,(H2,22,25). The molecule has 27 heavy (non-hydrogen) atoms. The Hall–Kier alpha value is -3.67. The number of rotatable bonds is 2. The highest BCUT2D eigenvalue weighted by molar-refractivity contribution is 5.90. The van der Waals surface area contributed by atoms with Crippen LogP contribution in [0.2, 0.25) is 0 Å². The quantitative estimate of drug-likeness (QED) is 0.507. The van der Waals surface area contributed by atoms with E-state index in [9.17, 15) is 0 Å². The molecule has 0 saturated heterocycles. The summed E-state index contributed by atoms with van der Waals surface area (Å²) in [6.45, 7) is 3.99. The first-order valence-corrected chi connectivity index (χ1v) is 8.67. The van der Waals surface area contributed by atoms with Crippen molar-refractivity contribution in [3.63, 3.8) is 0 Å². The second-order valence-corrected chi connectivity index (χ2v) is 6.59. The zero-order chi connectivity index (χ0) is 18.5. The second kappa shape index (κ2) is 5.67. The largest absolute Gasteiger partial charge is 0.460 e. The Morgan fingerprint density at radius 3 is 2.70 bits per heavy atom. The van der Waals surface area contributed by atoms with Crippen molar-refractivity contribution in [3.05, 3.63) is 66.3 Å². The summed E-state index contributed by atoms with van der Waals surface area (Å²) in [5, 5.41) is 1.10. The van der Waals surface area contributed by atoms with Gasteiger partial charge in [0.2, 0.25) is 0 Å². The lowest BCUT2D eigenvalue weighted by Crippen LogP contribution is -2.03. The van der Waals surface area contributed by atoms with Crippen molar-refractivity contribution in [1.82, 2.24) is 19.4 Å². The van der Waals surface area contributed by atoms with Crippen LogP contribution in [0.25, 0.3) is 39.3 Å². The SMILES string of the molecule is Cc1ccc(-c2nc(N)c3nccn3c2-c2ccc3nccc(C)c3c2)o1. The maximum Gasteiger partial charge on any atom is 0.180 e. The van der Waals surface area contributed by atoms with Gasteiger partial charge in [-0.3, -0.25) is 9.38 Å². The molecule has 0 spiro atoms. The monoisotopic (exact) mass is 355 g/mol. The van der Waals surface area contributed by atoms with Gasteiger partial charge in [0.15, 0.2) is 17.2 Å². The fraction of sp³-hybridized carbons (Fsp3) is 0.0952. The number of hydrogen-bond acceptors (Lipinski definition) is 5. The molecule has 0 bridgehead atoms. The number of pyridine rings is 1. The topological polar surface area (TPSA) is 82.2 Å². The smallest absolute Gasteiger partial charge is 0.180 e. The molecule has 5 aromatic rings. The van der Waals surface area contributed by atoms with Gasteiger partial charge in [0.1, 0.15) is 11.5 Å². The predicted molar refractivity (Wildman–Crippen MR) is 105 cm³/mol. The van der Waals surface area contributed by atoms with Crippen molar-refractivity contribution in [2.75, 3.05) is 5.73 Å². The van der Waals surface area contributed by atoms with Gasteiger partial charge in [0, 0.05) is 29.5 Å². The molecule has 6 nitrogen and oxygen atoms in total. The number of benzene rings is 1. The lowest BCUT2D eigenvalue weighted by molar-refractivity contribution is 0.546. The summed E-state index contributed by atoms with van der Waals surface area (Å²) in [5.41, 5.74) is 11.5. The zero-order valence-corrected chi connectivity index (χ0v) is 15.0. The molecule has 0 fully saturated rings. The summed E-state index contributed by atoms with van der Waals surface area (Å²) >= 11 is 0. The van der Waals surface area contributed by atoms with E-state index in [-0.39, 0.29) is 0 Å². The van der Waals surface area contributed by atoms with Gasteiger partial charge in [-0.1, -0.05) is 6.07 Å². The van der Waals surface area contributed by atoms with Crippen molar-refractivity contribution in [2.24, 2.45) is 0 Å². The molecule has 0 unspecified atom stereocenters. The van der Waals surface area contributed by atoms with Crippen molar-refractivity contribution < 1.29 is 4.42 Å². The fourth-order valence-corrected chi connectivity index (χ4v) is 3.45. The molecule has 6 heteroatoms. The number of aryl methyl sites for hydroxylation is 2. The summed E-state index contributed by atoms with van der Waals surface area (Å²) in [4.78, 5) is 13.4. The van der Waals surface area contributed by atoms with E-state index in [1.807, 2.05) is 54.0 Å². The zero-order valence-electron chi connectivity index (χ0n) is 15.0. The molecular formula is C21H17N5O. The first-order chi connectivity index (χ1) is 13.1. The number of furan rings is 1. The van der Waals surface area contributed by atoms with Crippen molar-refractivity contribution >= 4 is 22.4 Å². The van der Waals surface area contributed by atoms with E-state index in [2.05, 4.69) is 27.9 Å². The Bertz CT molecular complexity index is 1320. The molecule has 0 aliphatic heterocycles. The molecule has 4 aromatic heterocycles. The normalized spacial score (nSPS) is 11.5. The average molecular weight is 355 g/mol. The molecule has 5 rings (SSSR count). The van der Waals surface area contributed by atoms with Gasteiger partial charge in [0.05, 0.1) is 11.2 Å². The number of nitrogens with zero attached hydrogens (tertiary/aromatic N) is 4. The molecule has 4 heterocycles. The van der Waals surface area contributed by atoms with E-state index in [1.54, 1.807) is 6.20 Å². The van der Waals surface area contributed by atoms with Crippen LogP contribution in [0.5, 0.6) is 0 Å².